The Kier molecular flexibility index (Phi) is 6.69. The van der Waals surface area contributed by atoms with Crippen LogP contribution in [-0.2, 0) is 20.7 Å². The fourth-order valence-electron chi connectivity index (χ4n) is 3.50. The van der Waals surface area contributed by atoms with Gasteiger partial charge in [-0.25, -0.2) is 9.59 Å². The highest BCUT2D eigenvalue weighted by molar-refractivity contribution is 5.86. The zero-order valence-corrected chi connectivity index (χ0v) is 16.3. The molecule has 0 aliphatic heterocycles. The normalized spacial score (nSPS) is 14.9. The number of esters is 1. The Hall–Kier alpha value is -3.09. The molecule has 1 N–H and O–H groups in total. The lowest BCUT2D eigenvalue weighted by molar-refractivity contribution is -0.145. The number of hydrogen-bond acceptors (Lipinski definition) is 6. The predicted octanol–water partition coefficient (Wildman–Crippen LogP) is 3.62. The summed E-state index contributed by atoms with van der Waals surface area (Å²) in [6, 6.07) is 5.98. The van der Waals surface area contributed by atoms with Crippen LogP contribution >= 0.6 is 0 Å². The van der Waals surface area contributed by atoms with Crippen LogP contribution in [0.4, 0.5) is 0 Å². The van der Waals surface area contributed by atoms with E-state index in [9.17, 15) is 19.5 Å². The first kappa shape index (κ1) is 20.6. The van der Waals surface area contributed by atoms with Gasteiger partial charge in [-0.2, -0.15) is 0 Å². The number of methoxy groups -OCH3 is 1. The van der Waals surface area contributed by atoms with Gasteiger partial charge in [0.25, 0.3) is 0 Å². The van der Waals surface area contributed by atoms with Crippen molar-refractivity contribution < 1.29 is 28.6 Å². The molecule has 1 aliphatic rings. The summed E-state index contributed by atoms with van der Waals surface area (Å²) in [5, 5.41) is 10.1. The number of carboxylic acids is 1. The maximum absolute atomic E-state index is 11.8. The molecular weight excluding hydrogens is 376 g/mol. The second-order valence-electron chi connectivity index (χ2n) is 7.09. The molecule has 0 radical (unpaired) electrons. The second kappa shape index (κ2) is 9.41. The van der Waals surface area contributed by atoms with Crippen molar-refractivity contribution in [3.8, 4) is 5.75 Å². The molecule has 29 heavy (non-hydrogen) atoms. The van der Waals surface area contributed by atoms with Crippen LogP contribution < -0.4 is 10.4 Å². The maximum Gasteiger partial charge on any atom is 0.344 e. The van der Waals surface area contributed by atoms with Crippen molar-refractivity contribution in [3.05, 3.63) is 51.9 Å². The van der Waals surface area contributed by atoms with E-state index in [0.29, 0.717) is 29.5 Å². The molecule has 2 aromatic rings. The van der Waals surface area contributed by atoms with Crippen molar-refractivity contribution in [2.24, 2.45) is 0 Å². The largest absolute Gasteiger partial charge is 0.479 e. The summed E-state index contributed by atoms with van der Waals surface area (Å²) < 4.78 is 15.5. The minimum atomic E-state index is -1.04. The van der Waals surface area contributed by atoms with E-state index in [2.05, 4.69) is 10.8 Å². The van der Waals surface area contributed by atoms with Crippen LogP contribution in [0.3, 0.4) is 0 Å². The predicted molar refractivity (Wildman–Crippen MR) is 106 cm³/mol. The highest BCUT2D eigenvalue weighted by Crippen LogP contribution is 2.26. The molecule has 154 valence electrons. The molecule has 1 heterocycles. The van der Waals surface area contributed by atoms with Gasteiger partial charge in [-0.05, 0) is 56.2 Å². The van der Waals surface area contributed by atoms with E-state index < -0.39 is 23.7 Å². The molecule has 3 rings (SSSR count). The van der Waals surface area contributed by atoms with Crippen LogP contribution in [0.1, 0.15) is 44.1 Å². The smallest absolute Gasteiger partial charge is 0.344 e. The van der Waals surface area contributed by atoms with Crippen LogP contribution in [0.25, 0.3) is 11.0 Å². The van der Waals surface area contributed by atoms with Gasteiger partial charge in [-0.1, -0.05) is 11.6 Å². The lowest BCUT2D eigenvalue weighted by Gasteiger charge is -2.18. The molecule has 1 atom stereocenters. The SMILES string of the molecule is COC(=O)Cc1cc(=O)oc2cc(OC(CCC3=CCCCC3)C(=O)O)ccc12. The summed E-state index contributed by atoms with van der Waals surface area (Å²) >= 11 is 0. The molecule has 0 bridgehead atoms. The molecule has 1 aromatic heterocycles. The number of carbonyl (C=O) groups is 2. The summed E-state index contributed by atoms with van der Waals surface area (Å²) in [5.74, 6) is -1.22. The summed E-state index contributed by atoms with van der Waals surface area (Å²) in [4.78, 5) is 35.0. The third-order valence-corrected chi connectivity index (χ3v) is 5.03. The van der Waals surface area contributed by atoms with Gasteiger partial charge in [0.15, 0.2) is 6.10 Å². The number of hydrogen-bond donors (Lipinski definition) is 1. The average Bonchev–Trinajstić information content (AvgIpc) is 2.71. The van der Waals surface area contributed by atoms with Gasteiger partial charge in [0, 0.05) is 17.5 Å². The highest BCUT2D eigenvalue weighted by Gasteiger charge is 2.21. The molecule has 1 aliphatic carbocycles. The first-order valence-electron chi connectivity index (χ1n) is 9.67. The average molecular weight is 400 g/mol. The van der Waals surface area contributed by atoms with Crippen molar-refractivity contribution in [2.75, 3.05) is 7.11 Å². The summed E-state index contributed by atoms with van der Waals surface area (Å²) in [5.41, 5.74) is 1.39. The highest BCUT2D eigenvalue weighted by atomic mass is 16.5. The van der Waals surface area contributed by atoms with Gasteiger partial charge in [0.2, 0.25) is 0 Å². The van der Waals surface area contributed by atoms with E-state index in [1.54, 1.807) is 12.1 Å². The molecule has 0 fully saturated rings. The third kappa shape index (κ3) is 5.47. The number of carbonyl (C=O) groups excluding carboxylic acids is 1. The fourth-order valence-corrected chi connectivity index (χ4v) is 3.50. The van der Waals surface area contributed by atoms with Crippen LogP contribution in [0, 0.1) is 0 Å². The van der Waals surface area contributed by atoms with Crippen molar-refractivity contribution in [3.63, 3.8) is 0 Å². The minimum Gasteiger partial charge on any atom is -0.479 e. The lowest BCUT2D eigenvalue weighted by Crippen LogP contribution is -2.27. The number of rotatable bonds is 8. The molecule has 0 spiro atoms. The lowest BCUT2D eigenvalue weighted by atomic mass is 9.95. The second-order valence-corrected chi connectivity index (χ2v) is 7.09. The van der Waals surface area contributed by atoms with E-state index in [1.165, 1.54) is 31.2 Å². The number of aliphatic carboxylic acids is 1. The monoisotopic (exact) mass is 400 g/mol. The fraction of sp³-hybridized carbons (Fsp3) is 0.409. The molecule has 7 heteroatoms. The molecular formula is C22H24O7. The first-order chi connectivity index (χ1) is 14.0. The van der Waals surface area contributed by atoms with Gasteiger partial charge < -0.3 is 19.0 Å². The van der Waals surface area contributed by atoms with Gasteiger partial charge >= 0.3 is 17.6 Å². The first-order valence-corrected chi connectivity index (χ1v) is 9.67. The van der Waals surface area contributed by atoms with Crippen molar-refractivity contribution in [1.29, 1.82) is 0 Å². The Labute approximate surface area is 167 Å². The third-order valence-electron chi connectivity index (χ3n) is 5.03. The van der Waals surface area contributed by atoms with E-state index in [4.69, 9.17) is 9.15 Å². The van der Waals surface area contributed by atoms with E-state index >= 15 is 0 Å². The van der Waals surface area contributed by atoms with Gasteiger partial charge in [-0.3, -0.25) is 4.79 Å². The Morgan fingerprint density at radius 2 is 2.07 bits per heavy atom. The molecule has 1 aromatic carbocycles. The number of allylic oxidation sites excluding steroid dienone is 2. The standard InChI is InChI=1S/C22H24O7/c1-27-20(23)11-15-12-21(24)29-19-13-16(8-9-17(15)19)28-18(22(25)26)10-7-14-5-3-2-4-6-14/h5,8-9,12-13,18H,2-4,6-7,10-11H2,1H3,(H,25,26). The van der Waals surface area contributed by atoms with Gasteiger partial charge in [0.1, 0.15) is 11.3 Å². The Balaban J connectivity index is 1.79. The topological polar surface area (TPSA) is 103 Å². The molecule has 0 saturated heterocycles. The van der Waals surface area contributed by atoms with Crippen LogP contribution in [0.2, 0.25) is 0 Å². The van der Waals surface area contributed by atoms with Crippen LogP contribution in [-0.4, -0.2) is 30.3 Å². The number of carboxylic acid groups (broad SMARTS) is 1. The van der Waals surface area contributed by atoms with E-state index in [-0.39, 0.29) is 12.0 Å². The zero-order valence-electron chi connectivity index (χ0n) is 16.3. The maximum atomic E-state index is 11.8. The molecule has 7 nitrogen and oxygen atoms in total. The Morgan fingerprint density at radius 1 is 1.24 bits per heavy atom. The minimum absolute atomic E-state index is 0.0638. The Morgan fingerprint density at radius 3 is 2.76 bits per heavy atom. The summed E-state index contributed by atoms with van der Waals surface area (Å²) in [6.07, 6.45) is 6.56. The summed E-state index contributed by atoms with van der Waals surface area (Å²) in [7, 11) is 1.28. The van der Waals surface area contributed by atoms with Gasteiger partial charge in [-0.15, -0.1) is 0 Å². The number of ether oxygens (including phenoxy) is 2. The quantitative estimate of drug-likeness (QED) is 0.410. The van der Waals surface area contributed by atoms with Crippen LogP contribution in [0.5, 0.6) is 5.75 Å². The summed E-state index contributed by atoms with van der Waals surface area (Å²) in [6.45, 7) is 0. The number of fused-ring (bicyclic) bond motifs is 1. The van der Waals surface area contributed by atoms with E-state index in [1.807, 2.05) is 0 Å². The Bertz CT molecular complexity index is 986. The van der Waals surface area contributed by atoms with Crippen LogP contribution in [0.15, 0.2) is 45.1 Å². The van der Waals surface area contributed by atoms with Crippen molar-refractivity contribution in [1.82, 2.24) is 0 Å². The van der Waals surface area contributed by atoms with Crippen molar-refractivity contribution >= 4 is 22.9 Å². The molecule has 1 unspecified atom stereocenters. The zero-order chi connectivity index (χ0) is 20.8. The molecule has 0 amide bonds. The van der Waals surface area contributed by atoms with E-state index in [0.717, 1.165) is 19.3 Å². The van der Waals surface area contributed by atoms with Gasteiger partial charge in [0.05, 0.1) is 13.5 Å². The number of benzene rings is 1. The molecule has 0 saturated carbocycles. The van der Waals surface area contributed by atoms with Crippen molar-refractivity contribution in [2.45, 2.75) is 51.0 Å².